The summed E-state index contributed by atoms with van der Waals surface area (Å²) in [6.45, 7) is 7.05. The molecule has 0 aliphatic carbocycles. The molecule has 1 rings (SSSR count). The predicted molar refractivity (Wildman–Crippen MR) is 83.3 cm³/mol. The van der Waals surface area contributed by atoms with Crippen LogP contribution in [0.15, 0.2) is 30.4 Å². The molecule has 2 nitrogen and oxygen atoms in total. The molecule has 0 amide bonds. The fourth-order valence-corrected chi connectivity index (χ4v) is 1.88. The highest BCUT2D eigenvalue weighted by Gasteiger charge is 2.09. The lowest BCUT2D eigenvalue weighted by Gasteiger charge is -2.22. The first kappa shape index (κ1) is 15.3. The van der Waals surface area contributed by atoms with Crippen LogP contribution >= 0.6 is 35.4 Å². The fourth-order valence-electron chi connectivity index (χ4n) is 1.36. The molecule has 5 heteroatoms. The first-order valence-electron chi connectivity index (χ1n) is 5.48. The Morgan fingerprint density at radius 3 is 2.72 bits per heavy atom. The molecular weight excluding hydrogens is 287 g/mol. The van der Waals surface area contributed by atoms with Gasteiger partial charge in [-0.2, -0.15) is 0 Å². The van der Waals surface area contributed by atoms with Gasteiger partial charge in [-0.25, -0.2) is 0 Å². The predicted octanol–water partition coefficient (Wildman–Crippen LogP) is 3.88. The van der Waals surface area contributed by atoms with Gasteiger partial charge in [0.05, 0.1) is 10.0 Å². The van der Waals surface area contributed by atoms with E-state index in [0.29, 0.717) is 28.2 Å². The van der Waals surface area contributed by atoms with Crippen molar-refractivity contribution in [3.05, 3.63) is 46.0 Å². The van der Waals surface area contributed by atoms with E-state index in [4.69, 9.17) is 35.4 Å². The molecule has 0 saturated carbocycles. The Balaban J connectivity index is 2.64. The Hall–Kier alpha value is -0.770. The van der Waals surface area contributed by atoms with E-state index in [-0.39, 0.29) is 0 Å². The number of nitrogens with zero attached hydrogens (tertiary/aromatic N) is 1. The highest BCUT2D eigenvalue weighted by Crippen LogP contribution is 2.26. The van der Waals surface area contributed by atoms with E-state index in [1.807, 2.05) is 31.0 Å². The lowest BCUT2D eigenvalue weighted by atomic mass is 10.2. The number of benzene rings is 1. The molecule has 0 aliphatic rings. The van der Waals surface area contributed by atoms with E-state index < -0.39 is 0 Å². The van der Waals surface area contributed by atoms with Gasteiger partial charge in [0.15, 0.2) is 5.11 Å². The van der Waals surface area contributed by atoms with Crippen molar-refractivity contribution in [3.8, 4) is 0 Å². The zero-order chi connectivity index (χ0) is 13.7. The highest BCUT2D eigenvalue weighted by molar-refractivity contribution is 7.80. The van der Waals surface area contributed by atoms with Crippen molar-refractivity contribution in [1.82, 2.24) is 10.2 Å². The molecule has 0 aromatic heterocycles. The van der Waals surface area contributed by atoms with Gasteiger partial charge in [-0.1, -0.05) is 47.5 Å². The molecule has 1 aromatic carbocycles. The molecule has 0 heterocycles. The van der Waals surface area contributed by atoms with Crippen LogP contribution in [0.1, 0.15) is 12.5 Å². The zero-order valence-corrected chi connectivity index (χ0v) is 12.8. The van der Waals surface area contributed by atoms with Crippen LogP contribution in [0.3, 0.4) is 0 Å². The van der Waals surface area contributed by atoms with Crippen molar-refractivity contribution in [2.75, 3.05) is 13.6 Å². The minimum Gasteiger partial charge on any atom is -0.359 e. The van der Waals surface area contributed by atoms with Gasteiger partial charge in [-0.15, -0.1) is 0 Å². The lowest BCUT2D eigenvalue weighted by Crippen LogP contribution is -2.37. The highest BCUT2D eigenvalue weighted by atomic mass is 35.5. The average Bonchev–Trinajstić information content (AvgIpc) is 2.31. The van der Waals surface area contributed by atoms with E-state index >= 15 is 0 Å². The molecule has 0 aliphatic heterocycles. The largest absolute Gasteiger partial charge is 0.359 e. The van der Waals surface area contributed by atoms with E-state index in [1.54, 1.807) is 6.07 Å². The van der Waals surface area contributed by atoms with Crippen molar-refractivity contribution in [2.45, 2.75) is 13.5 Å². The summed E-state index contributed by atoms with van der Waals surface area (Å²) in [5.74, 6) is 0. The van der Waals surface area contributed by atoms with E-state index in [1.165, 1.54) is 0 Å². The van der Waals surface area contributed by atoms with Gasteiger partial charge in [0.25, 0.3) is 0 Å². The summed E-state index contributed by atoms with van der Waals surface area (Å²) >= 11 is 17.4. The van der Waals surface area contributed by atoms with Crippen LogP contribution in [0.25, 0.3) is 0 Å². The third kappa shape index (κ3) is 4.48. The summed E-state index contributed by atoms with van der Waals surface area (Å²) in [7, 11) is 1.91. The summed E-state index contributed by atoms with van der Waals surface area (Å²) in [6, 6.07) is 5.58. The second-order valence-corrected chi connectivity index (χ2v) is 5.36. The first-order chi connectivity index (χ1) is 8.41. The SMILES string of the molecule is C=C(C)CNC(=S)N(C)Cc1cccc(Cl)c1Cl. The summed E-state index contributed by atoms with van der Waals surface area (Å²) < 4.78 is 0. The van der Waals surface area contributed by atoms with Gasteiger partial charge in [0, 0.05) is 20.1 Å². The summed E-state index contributed by atoms with van der Waals surface area (Å²) in [6.07, 6.45) is 0. The molecule has 0 saturated heterocycles. The molecular formula is C13H16Cl2N2S. The number of nitrogens with one attached hydrogen (secondary N) is 1. The van der Waals surface area contributed by atoms with E-state index in [9.17, 15) is 0 Å². The average molecular weight is 303 g/mol. The molecule has 1 N–H and O–H groups in total. The van der Waals surface area contributed by atoms with Gasteiger partial charge < -0.3 is 10.2 Å². The Labute approximate surface area is 124 Å². The molecule has 0 spiro atoms. The quantitative estimate of drug-likeness (QED) is 0.671. The minimum atomic E-state index is 0.559. The Kier molecular flexibility index (Phi) is 5.93. The third-order valence-electron chi connectivity index (χ3n) is 2.33. The van der Waals surface area contributed by atoms with Gasteiger partial charge in [-0.3, -0.25) is 0 Å². The van der Waals surface area contributed by atoms with Crippen molar-refractivity contribution >= 4 is 40.5 Å². The summed E-state index contributed by atoms with van der Waals surface area (Å²) in [4.78, 5) is 1.91. The number of thiocarbonyl (C=S) groups is 1. The van der Waals surface area contributed by atoms with Gasteiger partial charge >= 0.3 is 0 Å². The second kappa shape index (κ2) is 6.98. The summed E-state index contributed by atoms with van der Waals surface area (Å²) in [5, 5.41) is 4.92. The van der Waals surface area contributed by atoms with Crippen LogP contribution in [0, 0.1) is 0 Å². The Morgan fingerprint density at radius 2 is 2.11 bits per heavy atom. The summed E-state index contributed by atoms with van der Waals surface area (Å²) in [5.41, 5.74) is 1.98. The Morgan fingerprint density at radius 1 is 1.44 bits per heavy atom. The molecule has 0 bridgehead atoms. The second-order valence-electron chi connectivity index (χ2n) is 4.18. The van der Waals surface area contributed by atoms with Crippen LogP contribution in [-0.4, -0.2) is 23.6 Å². The third-order valence-corrected chi connectivity index (χ3v) is 3.64. The minimum absolute atomic E-state index is 0.559. The van der Waals surface area contributed by atoms with Crippen molar-refractivity contribution in [1.29, 1.82) is 0 Å². The van der Waals surface area contributed by atoms with E-state index in [0.717, 1.165) is 11.1 Å². The molecule has 18 heavy (non-hydrogen) atoms. The number of rotatable bonds is 4. The molecule has 0 atom stereocenters. The maximum Gasteiger partial charge on any atom is 0.169 e. The molecule has 0 unspecified atom stereocenters. The van der Waals surface area contributed by atoms with Crippen molar-refractivity contribution < 1.29 is 0 Å². The maximum atomic E-state index is 6.13. The maximum absolute atomic E-state index is 6.13. The van der Waals surface area contributed by atoms with Crippen molar-refractivity contribution in [3.63, 3.8) is 0 Å². The van der Waals surface area contributed by atoms with Crippen LogP contribution in [0.4, 0.5) is 0 Å². The zero-order valence-electron chi connectivity index (χ0n) is 10.5. The molecule has 0 radical (unpaired) electrons. The first-order valence-corrected chi connectivity index (χ1v) is 6.64. The van der Waals surface area contributed by atoms with Gasteiger partial charge in [0.2, 0.25) is 0 Å². The smallest absolute Gasteiger partial charge is 0.169 e. The topological polar surface area (TPSA) is 15.3 Å². The molecule has 1 aromatic rings. The molecule has 0 fully saturated rings. The van der Waals surface area contributed by atoms with Crippen LogP contribution < -0.4 is 5.32 Å². The van der Waals surface area contributed by atoms with Crippen LogP contribution in [-0.2, 0) is 6.54 Å². The standard InChI is InChI=1S/C13H16Cl2N2S/c1-9(2)7-16-13(18)17(3)8-10-5-4-6-11(14)12(10)15/h4-6H,1,7-8H2,2-3H3,(H,16,18). The number of hydrogen-bond acceptors (Lipinski definition) is 1. The van der Waals surface area contributed by atoms with E-state index in [2.05, 4.69) is 11.9 Å². The molecule has 98 valence electrons. The van der Waals surface area contributed by atoms with Gasteiger partial charge in [-0.05, 0) is 30.8 Å². The number of halogens is 2. The van der Waals surface area contributed by atoms with Crippen molar-refractivity contribution in [2.24, 2.45) is 0 Å². The van der Waals surface area contributed by atoms with Crippen LogP contribution in [0.2, 0.25) is 10.0 Å². The fraction of sp³-hybridized carbons (Fsp3) is 0.308. The lowest BCUT2D eigenvalue weighted by molar-refractivity contribution is 0.492. The monoisotopic (exact) mass is 302 g/mol. The van der Waals surface area contributed by atoms with Gasteiger partial charge in [0.1, 0.15) is 0 Å². The number of hydrogen-bond donors (Lipinski definition) is 1. The normalized spacial score (nSPS) is 10.0. The Bertz CT molecular complexity index is 460. The van der Waals surface area contributed by atoms with Crippen LogP contribution in [0.5, 0.6) is 0 Å².